The van der Waals surface area contributed by atoms with Crippen LogP contribution in [-0.4, -0.2) is 66.2 Å². The molecule has 1 fully saturated rings. The van der Waals surface area contributed by atoms with E-state index < -0.39 is 23.6 Å². The number of methoxy groups -OCH3 is 1. The van der Waals surface area contributed by atoms with Gasteiger partial charge in [0, 0.05) is 17.4 Å². The van der Waals surface area contributed by atoms with Crippen LogP contribution in [0, 0.1) is 11.8 Å². The molecule has 0 saturated carbocycles. The van der Waals surface area contributed by atoms with Gasteiger partial charge in [0.25, 0.3) is 17.7 Å². The number of benzene rings is 1. The number of hydrogen-bond donors (Lipinski definition) is 4. The third-order valence-electron chi connectivity index (χ3n) is 4.74. The van der Waals surface area contributed by atoms with Crippen molar-refractivity contribution < 1.29 is 23.9 Å². The van der Waals surface area contributed by atoms with E-state index in [1.807, 2.05) is 0 Å². The van der Waals surface area contributed by atoms with Crippen LogP contribution >= 0.6 is 11.6 Å². The number of carbonyl (C=O) groups excluding carboxylic acids is 4. The lowest BCUT2D eigenvalue weighted by molar-refractivity contribution is -0.140. The third kappa shape index (κ3) is 7.65. The van der Waals surface area contributed by atoms with Crippen LogP contribution in [0.25, 0.3) is 10.9 Å². The Morgan fingerprint density at radius 2 is 1.97 bits per heavy atom. The first kappa shape index (κ1) is 27.0. The highest BCUT2D eigenvalue weighted by atomic mass is 35.5. The summed E-state index contributed by atoms with van der Waals surface area (Å²) in [7, 11) is 1.54. The summed E-state index contributed by atoms with van der Waals surface area (Å²) in [6, 6.07) is 7.00. The lowest BCUT2D eigenvalue weighted by atomic mass is 10.1. The maximum absolute atomic E-state index is 12.4. The molecule has 0 spiro atoms. The molecule has 0 radical (unpaired) electrons. The number of halogens is 1. The second-order valence-electron chi connectivity index (χ2n) is 8.47. The van der Waals surface area contributed by atoms with Crippen molar-refractivity contribution in [2.24, 2.45) is 11.8 Å². The van der Waals surface area contributed by atoms with Crippen molar-refractivity contribution in [2.45, 2.75) is 27.2 Å². The molecule has 1 aromatic heterocycles. The molecule has 1 aliphatic rings. The summed E-state index contributed by atoms with van der Waals surface area (Å²) >= 11 is 5.60. The Morgan fingerprint density at radius 1 is 1.26 bits per heavy atom. The Hall–Kier alpha value is -3.27. The fourth-order valence-corrected chi connectivity index (χ4v) is 3.34. The normalized spacial score (nSPS) is 14.8. The predicted molar refractivity (Wildman–Crippen MR) is 129 cm³/mol. The summed E-state index contributed by atoms with van der Waals surface area (Å²) < 4.78 is 5.27. The van der Waals surface area contributed by atoms with Gasteiger partial charge in [-0.3, -0.25) is 29.6 Å². The maximum atomic E-state index is 12.4. The number of rotatable bonds is 7. The molecule has 0 unspecified atom stereocenters. The van der Waals surface area contributed by atoms with E-state index in [0.717, 1.165) is 21.8 Å². The number of aromatic amines is 1. The van der Waals surface area contributed by atoms with Gasteiger partial charge in [-0.15, -0.1) is 11.6 Å². The minimum absolute atomic E-state index is 0.0128. The number of alkyl halides is 1. The highest BCUT2D eigenvalue weighted by molar-refractivity contribution is 6.27. The van der Waals surface area contributed by atoms with Crippen molar-refractivity contribution in [1.82, 2.24) is 26.1 Å². The van der Waals surface area contributed by atoms with Gasteiger partial charge >= 0.3 is 0 Å². The molecule has 3 rings (SSSR count). The highest BCUT2D eigenvalue weighted by Crippen LogP contribution is 2.25. The van der Waals surface area contributed by atoms with Crippen molar-refractivity contribution in [3.63, 3.8) is 0 Å². The van der Waals surface area contributed by atoms with Crippen LogP contribution in [0.2, 0.25) is 0 Å². The van der Waals surface area contributed by atoms with Gasteiger partial charge < -0.3 is 20.4 Å². The van der Waals surface area contributed by atoms with E-state index in [9.17, 15) is 19.2 Å². The second kappa shape index (κ2) is 12.8. The van der Waals surface area contributed by atoms with Crippen molar-refractivity contribution in [3.05, 3.63) is 30.0 Å². The van der Waals surface area contributed by atoms with Crippen molar-refractivity contribution in [1.29, 1.82) is 0 Å². The van der Waals surface area contributed by atoms with Gasteiger partial charge in [0.2, 0.25) is 5.91 Å². The summed E-state index contributed by atoms with van der Waals surface area (Å²) in [6.07, 6.45) is 0.557. The number of hydrazine groups is 1. The van der Waals surface area contributed by atoms with Crippen LogP contribution in [0.1, 0.15) is 37.7 Å². The lowest BCUT2D eigenvalue weighted by Gasteiger charge is -2.24. The Balaban J connectivity index is 0.000000945. The first-order chi connectivity index (χ1) is 16.2. The van der Waals surface area contributed by atoms with Gasteiger partial charge in [0.1, 0.15) is 17.3 Å². The first-order valence-electron chi connectivity index (χ1n) is 11.0. The molecule has 0 bridgehead atoms. The Kier molecular flexibility index (Phi) is 10.2. The number of H-pyrrole nitrogens is 1. The van der Waals surface area contributed by atoms with Gasteiger partial charge in [-0.05, 0) is 30.5 Å². The van der Waals surface area contributed by atoms with E-state index in [2.05, 4.69) is 41.8 Å². The molecule has 4 amide bonds. The number of hydrogen-bond acceptors (Lipinski definition) is 5. The molecule has 11 heteroatoms. The topological polar surface area (TPSA) is 133 Å². The average molecular weight is 494 g/mol. The van der Waals surface area contributed by atoms with Crippen LogP contribution < -0.4 is 20.8 Å². The fraction of sp³-hybridized carbons (Fsp3) is 0.478. The van der Waals surface area contributed by atoms with Crippen LogP contribution in [0.4, 0.5) is 0 Å². The summed E-state index contributed by atoms with van der Waals surface area (Å²) in [5, 5.41) is 6.92. The van der Waals surface area contributed by atoms with E-state index >= 15 is 0 Å². The maximum Gasteiger partial charge on any atom is 0.268 e. The van der Waals surface area contributed by atoms with Crippen LogP contribution in [0.5, 0.6) is 5.75 Å². The second-order valence-corrected chi connectivity index (χ2v) is 8.74. The zero-order chi connectivity index (χ0) is 25.3. The first-order valence-corrected chi connectivity index (χ1v) is 11.6. The molecule has 1 aliphatic heterocycles. The zero-order valence-corrected chi connectivity index (χ0v) is 20.6. The fourth-order valence-electron chi connectivity index (χ4n) is 3.20. The Bertz CT molecular complexity index is 1020. The number of nitrogens with one attached hydrogen (secondary N) is 4. The average Bonchev–Trinajstić information content (AvgIpc) is 3.42. The number of carbonyl (C=O) groups is 4. The summed E-state index contributed by atoms with van der Waals surface area (Å²) in [4.78, 5) is 51.3. The van der Waals surface area contributed by atoms with Gasteiger partial charge in [-0.25, -0.2) is 0 Å². The molecule has 10 nitrogen and oxygen atoms in total. The van der Waals surface area contributed by atoms with E-state index in [0.29, 0.717) is 18.7 Å². The standard InChI is InChI=1S/C19H22ClN5O5.C4H10/c1-30-15-4-2-3-13-12(15)7-14(23-13)19(29)22-9-16(26)24-25(17(27)8-20)10-11-5-6-21-18(11)28;1-4(2)3/h2-4,7,11,23H,5-6,8-10H2,1H3,(H,21,28)(H,22,29)(H,24,26);4H,1-3H3/t11-;/m0./s1. The summed E-state index contributed by atoms with van der Waals surface area (Å²) in [5.41, 5.74) is 3.38. The smallest absolute Gasteiger partial charge is 0.268 e. The number of fused-ring (bicyclic) bond motifs is 1. The molecular weight excluding hydrogens is 462 g/mol. The molecule has 0 aliphatic carbocycles. The van der Waals surface area contributed by atoms with Gasteiger partial charge in [-0.1, -0.05) is 26.8 Å². The van der Waals surface area contributed by atoms with Crippen LogP contribution in [-0.2, 0) is 14.4 Å². The lowest BCUT2D eigenvalue weighted by Crippen LogP contribution is -2.52. The summed E-state index contributed by atoms with van der Waals surface area (Å²) in [5.74, 6) is -1.15. The van der Waals surface area contributed by atoms with Crippen LogP contribution in [0.3, 0.4) is 0 Å². The molecule has 1 aromatic carbocycles. The molecule has 2 aromatic rings. The van der Waals surface area contributed by atoms with Crippen molar-refractivity contribution in [3.8, 4) is 5.75 Å². The predicted octanol–water partition coefficient (Wildman–Crippen LogP) is 1.80. The number of aromatic nitrogens is 1. The van der Waals surface area contributed by atoms with Crippen LogP contribution in [0.15, 0.2) is 24.3 Å². The molecule has 2 heterocycles. The largest absolute Gasteiger partial charge is 0.496 e. The van der Waals surface area contributed by atoms with Gasteiger partial charge in [0.15, 0.2) is 0 Å². The van der Waals surface area contributed by atoms with Gasteiger partial charge in [0.05, 0.1) is 26.1 Å². The van der Waals surface area contributed by atoms with E-state index in [4.69, 9.17) is 16.3 Å². The third-order valence-corrected chi connectivity index (χ3v) is 4.97. The number of amides is 4. The zero-order valence-electron chi connectivity index (χ0n) is 19.9. The quantitative estimate of drug-likeness (QED) is 0.345. The minimum atomic E-state index is -0.617. The van der Waals surface area contributed by atoms with Gasteiger partial charge in [-0.2, -0.15) is 0 Å². The van der Waals surface area contributed by atoms with E-state index in [1.165, 1.54) is 7.11 Å². The van der Waals surface area contributed by atoms with Crippen molar-refractivity contribution in [2.75, 3.05) is 32.6 Å². The molecule has 1 atom stereocenters. The van der Waals surface area contributed by atoms with E-state index in [1.54, 1.807) is 24.3 Å². The molecule has 186 valence electrons. The van der Waals surface area contributed by atoms with Crippen molar-refractivity contribution >= 4 is 46.1 Å². The molecule has 1 saturated heterocycles. The number of ether oxygens (including phenoxy) is 1. The SMILES string of the molecule is CC(C)C.COc1cccc2[nH]c(C(=O)NCC(=O)NN(C[C@@H]3CCNC3=O)C(=O)CCl)cc12. The molecule has 34 heavy (non-hydrogen) atoms. The van der Waals surface area contributed by atoms with E-state index in [-0.39, 0.29) is 30.6 Å². The molecular formula is C23H32ClN5O5. The monoisotopic (exact) mass is 493 g/mol. The molecule has 4 N–H and O–H groups in total. The Labute approximate surface area is 203 Å². The number of nitrogens with zero attached hydrogens (tertiary/aromatic N) is 1. The minimum Gasteiger partial charge on any atom is -0.496 e. The summed E-state index contributed by atoms with van der Waals surface area (Å²) in [6.45, 7) is 6.67. The Morgan fingerprint density at radius 3 is 2.56 bits per heavy atom. The highest BCUT2D eigenvalue weighted by Gasteiger charge is 2.29.